The Labute approximate surface area is 116 Å². The lowest BCUT2D eigenvalue weighted by Gasteiger charge is -2.10. The second-order valence-corrected chi connectivity index (χ2v) is 4.22. The Morgan fingerprint density at radius 2 is 2.15 bits per heavy atom. The maximum atomic E-state index is 12.5. The molecule has 5 nitrogen and oxygen atoms in total. The molecule has 0 unspecified atom stereocenters. The molecule has 0 fully saturated rings. The molecular weight excluding hydrogens is 299 g/mol. The van der Waals surface area contributed by atoms with E-state index in [0.717, 1.165) is 17.5 Å². The van der Waals surface area contributed by atoms with Crippen LogP contribution in [0.15, 0.2) is 35.4 Å². The molecule has 0 spiro atoms. The smallest absolute Gasteiger partial charge is 0.416 e. The predicted molar refractivity (Wildman–Crippen MR) is 65.9 cm³/mol. The fraction of sp³-hybridized carbons (Fsp3) is 0.182. The van der Waals surface area contributed by atoms with E-state index in [-0.39, 0.29) is 18.1 Å². The highest BCUT2D eigenvalue weighted by molar-refractivity contribution is 8.15. The van der Waals surface area contributed by atoms with E-state index < -0.39 is 17.0 Å². The van der Waals surface area contributed by atoms with Gasteiger partial charge in [-0.25, -0.2) is 4.79 Å². The Balaban J connectivity index is 2.69. The van der Waals surface area contributed by atoms with Crippen molar-refractivity contribution < 1.29 is 32.6 Å². The van der Waals surface area contributed by atoms with Crippen LogP contribution in [0.1, 0.15) is 5.56 Å². The molecule has 0 atom stereocenters. The van der Waals surface area contributed by atoms with Gasteiger partial charge in [0, 0.05) is 5.41 Å². The molecule has 1 rings (SSSR count). The minimum Gasteiger partial charge on any atom is -0.486 e. The summed E-state index contributed by atoms with van der Waals surface area (Å²) >= 11 is 0.396. The molecule has 9 heteroatoms. The topological polar surface area (TPSA) is 81.8 Å². The summed E-state index contributed by atoms with van der Waals surface area (Å²) in [5.41, 5.74) is -0.853. The standard InChI is InChI=1S/C11H10F3NO4S/c12-11(13,14)7-2-1-3-8(4-7)18-5-9(19-15)6-20-10(16)17/h1-4,6H,5,15H2,(H,16,17)/b9-6-. The third kappa shape index (κ3) is 5.41. The Morgan fingerprint density at radius 1 is 1.45 bits per heavy atom. The fourth-order valence-corrected chi connectivity index (χ4v) is 1.48. The highest BCUT2D eigenvalue weighted by Gasteiger charge is 2.30. The van der Waals surface area contributed by atoms with Crippen LogP contribution >= 0.6 is 11.8 Å². The predicted octanol–water partition coefficient (Wildman–Crippen LogP) is 3.23. The molecule has 110 valence electrons. The minimum absolute atomic E-state index is 0.0326. The van der Waals surface area contributed by atoms with Gasteiger partial charge in [-0.15, -0.1) is 0 Å². The van der Waals surface area contributed by atoms with Crippen molar-refractivity contribution in [2.45, 2.75) is 6.18 Å². The SMILES string of the molecule is NO/C(=C\SC(=O)O)COc1cccc(C(F)(F)F)c1. The zero-order valence-electron chi connectivity index (χ0n) is 9.89. The second-order valence-electron chi connectivity index (χ2n) is 3.40. The van der Waals surface area contributed by atoms with Gasteiger partial charge in [-0.05, 0) is 30.0 Å². The van der Waals surface area contributed by atoms with Crippen molar-refractivity contribution in [3.8, 4) is 5.75 Å². The molecule has 20 heavy (non-hydrogen) atoms. The number of thioether (sulfide) groups is 1. The normalized spacial score (nSPS) is 12.1. The highest BCUT2D eigenvalue weighted by atomic mass is 32.2. The second kappa shape index (κ2) is 7.06. The van der Waals surface area contributed by atoms with Crippen LogP contribution in [0, 0.1) is 0 Å². The summed E-state index contributed by atoms with van der Waals surface area (Å²) in [7, 11) is 0. The zero-order chi connectivity index (χ0) is 15.2. The Hall–Kier alpha value is -1.87. The number of halogens is 3. The van der Waals surface area contributed by atoms with E-state index in [1.54, 1.807) is 0 Å². The van der Waals surface area contributed by atoms with Gasteiger partial charge in [-0.3, -0.25) is 0 Å². The number of ether oxygens (including phenoxy) is 1. The van der Waals surface area contributed by atoms with E-state index in [4.69, 9.17) is 15.7 Å². The maximum Gasteiger partial charge on any atom is 0.416 e. The molecule has 0 amide bonds. The van der Waals surface area contributed by atoms with Crippen LogP contribution in [0.4, 0.5) is 18.0 Å². The van der Waals surface area contributed by atoms with Gasteiger partial charge in [-0.1, -0.05) is 6.07 Å². The number of rotatable bonds is 5. The summed E-state index contributed by atoms with van der Waals surface area (Å²) in [5, 5.41) is 8.32. The first-order valence-electron chi connectivity index (χ1n) is 5.08. The highest BCUT2D eigenvalue weighted by Crippen LogP contribution is 2.31. The number of hydrogen-bond donors (Lipinski definition) is 2. The van der Waals surface area contributed by atoms with E-state index >= 15 is 0 Å². The van der Waals surface area contributed by atoms with Gasteiger partial charge >= 0.3 is 11.5 Å². The monoisotopic (exact) mass is 309 g/mol. The van der Waals surface area contributed by atoms with Crippen LogP contribution in [0.25, 0.3) is 0 Å². The van der Waals surface area contributed by atoms with Crippen LogP contribution in [0.3, 0.4) is 0 Å². The van der Waals surface area contributed by atoms with E-state index in [0.29, 0.717) is 11.8 Å². The molecular formula is C11H10F3NO4S. The van der Waals surface area contributed by atoms with Crippen molar-refractivity contribution in [1.29, 1.82) is 0 Å². The molecule has 0 aliphatic heterocycles. The minimum atomic E-state index is -4.47. The van der Waals surface area contributed by atoms with Crippen molar-refractivity contribution in [1.82, 2.24) is 0 Å². The van der Waals surface area contributed by atoms with Gasteiger partial charge in [0.15, 0.2) is 5.76 Å². The molecule has 0 heterocycles. The van der Waals surface area contributed by atoms with Crippen LogP contribution in [0.2, 0.25) is 0 Å². The van der Waals surface area contributed by atoms with Crippen molar-refractivity contribution >= 4 is 17.1 Å². The summed E-state index contributed by atoms with van der Waals surface area (Å²) in [4.78, 5) is 14.7. The number of carboxylic acid groups (broad SMARTS) is 1. The number of nitrogens with two attached hydrogens (primary N) is 1. The Bertz CT molecular complexity index is 505. The summed E-state index contributed by atoms with van der Waals surface area (Å²) < 4.78 is 42.4. The first-order valence-corrected chi connectivity index (χ1v) is 5.96. The third-order valence-electron chi connectivity index (χ3n) is 1.99. The first kappa shape index (κ1) is 16.2. The van der Waals surface area contributed by atoms with Crippen molar-refractivity contribution in [2.75, 3.05) is 6.61 Å². The van der Waals surface area contributed by atoms with Crippen molar-refractivity contribution in [2.24, 2.45) is 5.90 Å². The summed E-state index contributed by atoms with van der Waals surface area (Å²) in [6, 6.07) is 4.24. The van der Waals surface area contributed by atoms with Gasteiger partial charge in [-0.2, -0.15) is 19.1 Å². The molecule has 1 aromatic carbocycles. The number of hydrogen-bond acceptors (Lipinski definition) is 5. The number of alkyl halides is 3. The lowest BCUT2D eigenvalue weighted by molar-refractivity contribution is -0.137. The van der Waals surface area contributed by atoms with Crippen LogP contribution in [0.5, 0.6) is 5.75 Å². The van der Waals surface area contributed by atoms with Crippen molar-refractivity contribution in [3.05, 3.63) is 41.0 Å². The number of benzene rings is 1. The lowest BCUT2D eigenvalue weighted by atomic mass is 10.2. The van der Waals surface area contributed by atoms with Gasteiger partial charge in [0.25, 0.3) is 0 Å². The molecule has 1 aromatic rings. The third-order valence-corrected chi connectivity index (χ3v) is 2.57. The van der Waals surface area contributed by atoms with E-state index in [9.17, 15) is 18.0 Å². The molecule has 0 aliphatic carbocycles. The average molecular weight is 309 g/mol. The van der Waals surface area contributed by atoms with Crippen LogP contribution in [-0.2, 0) is 11.0 Å². The van der Waals surface area contributed by atoms with Crippen LogP contribution in [-0.4, -0.2) is 17.0 Å². The summed E-state index contributed by atoms with van der Waals surface area (Å²) in [6.45, 7) is -0.294. The fourth-order valence-electron chi connectivity index (χ4n) is 1.13. The molecule has 3 N–H and O–H groups in total. The molecule has 0 bridgehead atoms. The molecule has 0 aliphatic rings. The quantitative estimate of drug-likeness (QED) is 0.642. The molecule has 0 aromatic heterocycles. The van der Waals surface area contributed by atoms with Gasteiger partial charge in [0.1, 0.15) is 12.4 Å². The summed E-state index contributed by atoms with van der Waals surface area (Å²) in [6.07, 6.45) is -4.47. The largest absolute Gasteiger partial charge is 0.486 e. The Kier molecular flexibility index (Phi) is 5.71. The Morgan fingerprint density at radius 3 is 2.70 bits per heavy atom. The van der Waals surface area contributed by atoms with E-state index in [2.05, 4.69) is 4.84 Å². The van der Waals surface area contributed by atoms with E-state index in [1.807, 2.05) is 0 Å². The van der Waals surface area contributed by atoms with Gasteiger partial charge in [0.2, 0.25) is 0 Å². The van der Waals surface area contributed by atoms with Crippen LogP contribution < -0.4 is 10.6 Å². The zero-order valence-corrected chi connectivity index (χ0v) is 10.7. The number of carbonyl (C=O) groups is 1. The molecule has 0 radical (unpaired) electrons. The molecule has 0 saturated carbocycles. The van der Waals surface area contributed by atoms with Crippen molar-refractivity contribution in [3.63, 3.8) is 0 Å². The van der Waals surface area contributed by atoms with E-state index in [1.165, 1.54) is 12.1 Å². The van der Waals surface area contributed by atoms with Gasteiger partial charge < -0.3 is 14.7 Å². The summed E-state index contributed by atoms with van der Waals surface area (Å²) in [5.74, 6) is 4.82. The molecule has 0 saturated heterocycles. The maximum absolute atomic E-state index is 12.5. The first-order chi connectivity index (χ1) is 9.32. The average Bonchev–Trinajstić information content (AvgIpc) is 2.38. The van der Waals surface area contributed by atoms with Gasteiger partial charge in [0.05, 0.1) is 5.56 Å². The lowest BCUT2D eigenvalue weighted by Crippen LogP contribution is -2.09.